The molecule has 0 aromatic carbocycles. The summed E-state index contributed by atoms with van der Waals surface area (Å²) in [6.45, 7) is 7.50. The summed E-state index contributed by atoms with van der Waals surface area (Å²) in [5.41, 5.74) is 0.0872. The predicted octanol–water partition coefficient (Wildman–Crippen LogP) is 1.31. The van der Waals surface area contributed by atoms with Crippen molar-refractivity contribution in [2.45, 2.75) is 50.4 Å². The summed E-state index contributed by atoms with van der Waals surface area (Å²) < 4.78 is 12.1. The number of piperidine rings is 1. The van der Waals surface area contributed by atoms with Gasteiger partial charge < -0.3 is 14.4 Å². The third kappa shape index (κ3) is 2.87. The molecule has 18 heavy (non-hydrogen) atoms. The third-order valence-corrected chi connectivity index (χ3v) is 4.76. The fraction of sp³-hybridized carbons (Fsp3) is 1.00. The van der Waals surface area contributed by atoms with Gasteiger partial charge >= 0.3 is 0 Å². The molecule has 0 aromatic rings. The van der Waals surface area contributed by atoms with Crippen LogP contribution in [0.3, 0.4) is 0 Å². The maximum atomic E-state index is 6.23. The van der Waals surface area contributed by atoms with Crippen molar-refractivity contribution >= 4 is 0 Å². The summed E-state index contributed by atoms with van der Waals surface area (Å²) >= 11 is 0. The normalized spacial score (nSPS) is 37.0. The van der Waals surface area contributed by atoms with Gasteiger partial charge in [0, 0.05) is 26.2 Å². The van der Waals surface area contributed by atoms with E-state index in [1.807, 2.05) is 0 Å². The summed E-state index contributed by atoms with van der Waals surface area (Å²) in [6, 6.07) is 0. The molecular formula is C14H26N2O2. The molecule has 4 nitrogen and oxygen atoms in total. The van der Waals surface area contributed by atoms with Gasteiger partial charge in [-0.1, -0.05) is 0 Å². The summed E-state index contributed by atoms with van der Waals surface area (Å²) in [5.74, 6) is 0. The molecule has 0 radical (unpaired) electrons. The first-order chi connectivity index (χ1) is 8.63. The van der Waals surface area contributed by atoms with E-state index in [1.54, 1.807) is 0 Å². The van der Waals surface area contributed by atoms with Crippen molar-refractivity contribution in [3.05, 3.63) is 0 Å². The Morgan fingerprint density at radius 3 is 2.39 bits per heavy atom. The first-order valence-corrected chi connectivity index (χ1v) is 7.33. The predicted molar refractivity (Wildman–Crippen MR) is 70.6 cm³/mol. The van der Waals surface area contributed by atoms with Gasteiger partial charge in [-0.05, 0) is 39.7 Å². The Morgan fingerprint density at radius 2 is 1.78 bits per heavy atom. The number of morpholine rings is 1. The largest absolute Gasteiger partial charge is 0.372 e. The molecule has 4 heteroatoms. The number of hydrogen-bond acceptors (Lipinski definition) is 4. The third-order valence-electron chi connectivity index (χ3n) is 4.76. The van der Waals surface area contributed by atoms with Crippen molar-refractivity contribution in [1.82, 2.24) is 9.80 Å². The number of fused-ring (bicyclic) bond motifs is 2. The van der Waals surface area contributed by atoms with Crippen molar-refractivity contribution in [1.29, 1.82) is 0 Å². The van der Waals surface area contributed by atoms with E-state index < -0.39 is 0 Å². The fourth-order valence-electron chi connectivity index (χ4n) is 3.29. The first-order valence-electron chi connectivity index (χ1n) is 7.33. The van der Waals surface area contributed by atoms with Gasteiger partial charge in [-0.15, -0.1) is 0 Å². The molecule has 2 atom stereocenters. The molecule has 3 heterocycles. The van der Waals surface area contributed by atoms with Gasteiger partial charge in [0.1, 0.15) is 0 Å². The number of nitrogens with zero attached hydrogens (tertiary/aromatic N) is 2. The molecule has 2 bridgehead atoms. The minimum atomic E-state index is 0.0872. The van der Waals surface area contributed by atoms with E-state index in [0.29, 0.717) is 12.2 Å². The number of rotatable bonds is 3. The molecular weight excluding hydrogens is 228 g/mol. The molecule has 3 saturated heterocycles. The average Bonchev–Trinajstić information content (AvgIpc) is 2.71. The lowest BCUT2D eigenvalue weighted by atomic mass is 9.94. The van der Waals surface area contributed by atoms with E-state index in [9.17, 15) is 0 Å². The molecule has 0 saturated carbocycles. The van der Waals surface area contributed by atoms with Crippen LogP contribution < -0.4 is 0 Å². The molecule has 3 rings (SSSR count). The highest BCUT2D eigenvalue weighted by molar-refractivity contribution is 4.86. The topological polar surface area (TPSA) is 24.9 Å². The Balaban J connectivity index is 1.46. The number of hydrogen-bond donors (Lipinski definition) is 0. The van der Waals surface area contributed by atoms with Crippen LogP contribution in [0.15, 0.2) is 0 Å². The van der Waals surface area contributed by atoms with E-state index in [-0.39, 0.29) is 5.60 Å². The Morgan fingerprint density at radius 1 is 1.17 bits per heavy atom. The van der Waals surface area contributed by atoms with Gasteiger partial charge in [0.15, 0.2) is 0 Å². The van der Waals surface area contributed by atoms with Gasteiger partial charge in [0.2, 0.25) is 0 Å². The van der Waals surface area contributed by atoms with Crippen LogP contribution in [0.2, 0.25) is 0 Å². The monoisotopic (exact) mass is 254 g/mol. The minimum Gasteiger partial charge on any atom is -0.372 e. The Hall–Kier alpha value is -0.160. The highest BCUT2D eigenvalue weighted by atomic mass is 16.5. The number of ether oxygens (including phenoxy) is 2. The van der Waals surface area contributed by atoms with Crippen LogP contribution in [0.1, 0.15) is 32.6 Å². The van der Waals surface area contributed by atoms with Crippen LogP contribution >= 0.6 is 0 Å². The molecule has 0 N–H and O–H groups in total. The summed E-state index contributed by atoms with van der Waals surface area (Å²) in [6.07, 6.45) is 5.73. The van der Waals surface area contributed by atoms with Gasteiger partial charge in [-0.25, -0.2) is 0 Å². The van der Waals surface area contributed by atoms with Crippen molar-refractivity contribution in [3.8, 4) is 0 Å². The van der Waals surface area contributed by atoms with Gasteiger partial charge in [0.25, 0.3) is 0 Å². The molecule has 0 aliphatic carbocycles. The second kappa shape index (κ2) is 5.08. The number of likely N-dealkylation sites (tertiary alicyclic amines) is 2. The van der Waals surface area contributed by atoms with Crippen molar-refractivity contribution in [2.24, 2.45) is 0 Å². The van der Waals surface area contributed by atoms with Crippen LogP contribution in [0, 0.1) is 0 Å². The van der Waals surface area contributed by atoms with E-state index in [4.69, 9.17) is 9.47 Å². The fourth-order valence-corrected chi connectivity index (χ4v) is 3.29. The molecule has 0 amide bonds. The van der Waals surface area contributed by atoms with E-state index in [0.717, 1.165) is 45.8 Å². The molecule has 3 aliphatic heterocycles. The van der Waals surface area contributed by atoms with Crippen molar-refractivity contribution < 1.29 is 9.47 Å². The van der Waals surface area contributed by atoms with E-state index in [2.05, 4.69) is 23.8 Å². The lowest BCUT2D eigenvalue weighted by molar-refractivity contribution is -0.138. The van der Waals surface area contributed by atoms with Crippen molar-refractivity contribution in [2.75, 3.05) is 40.0 Å². The zero-order chi connectivity index (χ0) is 12.6. The average molecular weight is 254 g/mol. The highest BCUT2D eigenvalue weighted by Crippen LogP contribution is 2.28. The summed E-state index contributed by atoms with van der Waals surface area (Å²) in [4.78, 5) is 4.83. The Kier molecular flexibility index (Phi) is 3.63. The quantitative estimate of drug-likeness (QED) is 0.758. The molecule has 2 unspecified atom stereocenters. The molecule has 0 aromatic heterocycles. The molecule has 3 fully saturated rings. The second-order valence-corrected chi connectivity index (χ2v) is 6.52. The van der Waals surface area contributed by atoms with Crippen LogP contribution in [0.5, 0.6) is 0 Å². The maximum absolute atomic E-state index is 6.23. The zero-order valence-corrected chi connectivity index (χ0v) is 11.7. The molecule has 0 spiro atoms. The van der Waals surface area contributed by atoms with Gasteiger partial charge in [-0.2, -0.15) is 0 Å². The summed E-state index contributed by atoms with van der Waals surface area (Å²) in [5, 5.41) is 0. The van der Waals surface area contributed by atoms with E-state index in [1.165, 1.54) is 12.8 Å². The Labute approximate surface area is 110 Å². The molecule has 104 valence electrons. The lowest BCUT2D eigenvalue weighted by Gasteiger charge is -2.40. The highest BCUT2D eigenvalue weighted by Gasteiger charge is 2.35. The maximum Gasteiger partial charge on any atom is 0.0999 e. The standard InChI is InChI=1S/C14H26N2O2/c1-14(5-7-15(2)8-6-14)17-11-16-9-12-3-4-13(10-16)18-12/h12-13H,3-11H2,1-2H3. The second-order valence-electron chi connectivity index (χ2n) is 6.52. The lowest BCUT2D eigenvalue weighted by Crippen LogP contribution is -2.48. The van der Waals surface area contributed by atoms with E-state index >= 15 is 0 Å². The van der Waals surface area contributed by atoms with Crippen LogP contribution in [-0.2, 0) is 9.47 Å². The summed E-state index contributed by atoms with van der Waals surface area (Å²) in [7, 11) is 2.19. The minimum absolute atomic E-state index is 0.0872. The van der Waals surface area contributed by atoms with Crippen LogP contribution in [0.4, 0.5) is 0 Å². The van der Waals surface area contributed by atoms with Crippen molar-refractivity contribution in [3.63, 3.8) is 0 Å². The van der Waals surface area contributed by atoms with Gasteiger partial charge in [-0.3, -0.25) is 4.90 Å². The zero-order valence-electron chi connectivity index (χ0n) is 11.7. The first kappa shape index (κ1) is 12.9. The SMILES string of the molecule is CN1CCC(C)(OCN2CC3CCC(C2)O3)CC1. The Bertz CT molecular complexity index is 278. The van der Waals surface area contributed by atoms with Crippen LogP contribution in [-0.4, -0.2) is 67.6 Å². The molecule has 3 aliphatic rings. The van der Waals surface area contributed by atoms with Crippen LogP contribution in [0.25, 0.3) is 0 Å². The smallest absolute Gasteiger partial charge is 0.0999 e. The van der Waals surface area contributed by atoms with Gasteiger partial charge in [0.05, 0.1) is 24.5 Å².